The van der Waals surface area contributed by atoms with Crippen LogP contribution in [0.15, 0.2) is 42.5 Å². The van der Waals surface area contributed by atoms with Gasteiger partial charge in [-0.25, -0.2) is 9.18 Å². The highest BCUT2D eigenvalue weighted by Gasteiger charge is 2.10. The second-order valence-electron chi connectivity index (χ2n) is 5.86. The highest BCUT2D eigenvalue weighted by atomic mass is 19.1. The molecule has 2 N–H and O–H groups in total. The molecule has 27 heavy (non-hydrogen) atoms. The molecule has 0 fully saturated rings. The molecule has 0 aliphatic carbocycles. The molecule has 0 spiro atoms. The third kappa shape index (κ3) is 6.47. The first-order valence-corrected chi connectivity index (χ1v) is 8.47. The van der Waals surface area contributed by atoms with E-state index in [-0.39, 0.29) is 18.1 Å². The Labute approximate surface area is 156 Å². The Kier molecular flexibility index (Phi) is 7.91. The van der Waals surface area contributed by atoms with Crippen LogP contribution in [-0.4, -0.2) is 43.9 Å². The van der Waals surface area contributed by atoms with Gasteiger partial charge in [-0.15, -0.1) is 0 Å². The number of ether oxygens (including phenoxy) is 2. The van der Waals surface area contributed by atoms with Crippen LogP contribution in [0.5, 0.6) is 0 Å². The maximum Gasteiger partial charge on any atom is 0.335 e. The summed E-state index contributed by atoms with van der Waals surface area (Å²) in [5, 5.41) is 11.6. The molecule has 7 heteroatoms. The van der Waals surface area contributed by atoms with Gasteiger partial charge in [0.25, 0.3) is 5.91 Å². The Morgan fingerprint density at radius 2 is 1.78 bits per heavy atom. The summed E-state index contributed by atoms with van der Waals surface area (Å²) in [5.41, 5.74) is 1.78. The summed E-state index contributed by atoms with van der Waals surface area (Å²) in [6.45, 7) is 1.19. The van der Waals surface area contributed by atoms with Crippen molar-refractivity contribution in [3.8, 4) is 0 Å². The number of aromatic carboxylic acids is 1. The van der Waals surface area contributed by atoms with E-state index >= 15 is 0 Å². The van der Waals surface area contributed by atoms with Crippen molar-refractivity contribution in [3.63, 3.8) is 0 Å². The van der Waals surface area contributed by atoms with E-state index in [0.717, 1.165) is 5.56 Å². The average Bonchev–Trinajstić information content (AvgIpc) is 2.66. The van der Waals surface area contributed by atoms with Crippen LogP contribution in [0.4, 0.5) is 4.39 Å². The number of carbonyl (C=O) groups excluding carboxylic acids is 1. The number of nitrogens with one attached hydrogen (secondary N) is 1. The van der Waals surface area contributed by atoms with Crippen molar-refractivity contribution in [2.45, 2.75) is 13.0 Å². The minimum atomic E-state index is -0.979. The lowest BCUT2D eigenvalue weighted by molar-refractivity contribution is 0.0604. The molecule has 2 aromatic carbocycles. The maximum absolute atomic E-state index is 13.8. The van der Waals surface area contributed by atoms with Gasteiger partial charge in [-0.3, -0.25) is 4.79 Å². The largest absolute Gasteiger partial charge is 0.478 e. The van der Waals surface area contributed by atoms with Crippen LogP contribution in [0.1, 0.15) is 31.8 Å². The highest BCUT2D eigenvalue weighted by Crippen LogP contribution is 2.12. The van der Waals surface area contributed by atoms with Crippen LogP contribution in [0.3, 0.4) is 0 Å². The molecule has 0 bridgehead atoms. The molecule has 0 heterocycles. The quantitative estimate of drug-likeness (QED) is 0.624. The van der Waals surface area contributed by atoms with E-state index in [1.807, 2.05) is 0 Å². The van der Waals surface area contributed by atoms with Gasteiger partial charge < -0.3 is 19.9 Å². The zero-order chi connectivity index (χ0) is 19.6. The molecule has 1 amide bonds. The smallest absolute Gasteiger partial charge is 0.335 e. The maximum atomic E-state index is 13.8. The molecule has 6 nitrogen and oxygen atoms in total. The van der Waals surface area contributed by atoms with Gasteiger partial charge in [-0.2, -0.15) is 0 Å². The summed E-state index contributed by atoms with van der Waals surface area (Å²) in [6, 6.07) is 10.6. The molecule has 0 aliphatic rings. The van der Waals surface area contributed by atoms with Gasteiger partial charge in [-0.1, -0.05) is 12.1 Å². The number of carbonyl (C=O) groups is 2. The van der Waals surface area contributed by atoms with Gasteiger partial charge in [0.1, 0.15) is 5.82 Å². The van der Waals surface area contributed by atoms with Gasteiger partial charge in [0.15, 0.2) is 0 Å². The molecule has 0 saturated carbocycles. The lowest BCUT2D eigenvalue weighted by Gasteiger charge is -2.09. The van der Waals surface area contributed by atoms with Crippen LogP contribution >= 0.6 is 0 Å². The van der Waals surface area contributed by atoms with E-state index in [2.05, 4.69) is 5.32 Å². The van der Waals surface area contributed by atoms with Crippen LogP contribution < -0.4 is 5.32 Å². The Hall–Kier alpha value is -2.77. The molecule has 0 radical (unpaired) electrons. The van der Waals surface area contributed by atoms with Crippen LogP contribution in [0.2, 0.25) is 0 Å². The van der Waals surface area contributed by atoms with Gasteiger partial charge in [0, 0.05) is 24.8 Å². The zero-order valence-corrected chi connectivity index (χ0v) is 15.0. The van der Waals surface area contributed by atoms with Crippen molar-refractivity contribution >= 4 is 11.9 Å². The van der Waals surface area contributed by atoms with Gasteiger partial charge >= 0.3 is 5.97 Å². The number of rotatable bonds is 10. The summed E-state index contributed by atoms with van der Waals surface area (Å²) in [6.07, 6.45) is 0.555. The molecule has 0 unspecified atom stereocenters. The SMILES string of the molecule is COCCOCc1cc(C(=O)NCCc2ccc(C(=O)O)cc2)ccc1F. The standard InChI is InChI=1S/C20H22FNO5/c1-26-10-11-27-13-17-12-16(6-7-18(17)21)19(23)22-9-8-14-2-4-15(5-3-14)20(24)25/h2-7,12H,8-11,13H2,1H3,(H,22,23)(H,24,25). The number of carboxylic acids is 1. The fourth-order valence-corrected chi connectivity index (χ4v) is 2.39. The summed E-state index contributed by atoms with van der Waals surface area (Å²) < 4.78 is 24.0. The van der Waals surface area contributed by atoms with Crippen molar-refractivity contribution in [2.75, 3.05) is 26.9 Å². The van der Waals surface area contributed by atoms with E-state index in [9.17, 15) is 14.0 Å². The lowest BCUT2D eigenvalue weighted by Crippen LogP contribution is -2.26. The number of carboxylic acid groups (broad SMARTS) is 1. The third-order valence-electron chi connectivity index (χ3n) is 3.90. The van der Waals surface area contributed by atoms with Crippen LogP contribution in [0, 0.1) is 5.82 Å². The molecule has 2 aromatic rings. The Morgan fingerprint density at radius 3 is 2.44 bits per heavy atom. The summed E-state index contributed by atoms with van der Waals surface area (Å²) in [7, 11) is 1.55. The topological polar surface area (TPSA) is 84.9 Å². The van der Waals surface area contributed by atoms with E-state index in [0.29, 0.717) is 37.3 Å². The molecule has 0 atom stereocenters. The van der Waals surface area contributed by atoms with Gasteiger partial charge in [-0.05, 0) is 42.3 Å². The number of methoxy groups -OCH3 is 1. The number of hydrogen-bond donors (Lipinski definition) is 2. The molecular weight excluding hydrogens is 353 g/mol. The monoisotopic (exact) mass is 375 g/mol. The summed E-state index contributed by atoms with van der Waals surface area (Å²) in [4.78, 5) is 23.1. The lowest BCUT2D eigenvalue weighted by atomic mass is 10.1. The molecule has 0 saturated heterocycles. The second kappa shape index (κ2) is 10.4. The highest BCUT2D eigenvalue weighted by molar-refractivity contribution is 5.94. The van der Waals surface area contributed by atoms with E-state index < -0.39 is 11.8 Å². The Bertz CT molecular complexity index is 776. The molecular formula is C20H22FNO5. The van der Waals surface area contributed by atoms with Crippen molar-refractivity contribution in [3.05, 3.63) is 70.5 Å². The molecule has 0 aromatic heterocycles. The number of halogens is 1. The first-order chi connectivity index (χ1) is 13.0. The van der Waals surface area contributed by atoms with Crippen LogP contribution in [0.25, 0.3) is 0 Å². The van der Waals surface area contributed by atoms with Crippen molar-refractivity contribution in [1.29, 1.82) is 0 Å². The third-order valence-corrected chi connectivity index (χ3v) is 3.90. The average molecular weight is 375 g/mol. The van der Waals surface area contributed by atoms with E-state index in [1.165, 1.54) is 30.3 Å². The normalized spacial score (nSPS) is 10.6. The fraction of sp³-hybridized carbons (Fsp3) is 0.300. The van der Waals surface area contributed by atoms with Crippen molar-refractivity contribution in [1.82, 2.24) is 5.32 Å². The van der Waals surface area contributed by atoms with Crippen LogP contribution in [-0.2, 0) is 22.5 Å². The van der Waals surface area contributed by atoms with Crippen molar-refractivity contribution < 1.29 is 28.6 Å². The predicted molar refractivity (Wildman–Crippen MR) is 97.4 cm³/mol. The fourth-order valence-electron chi connectivity index (χ4n) is 2.39. The number of amides is 1. The number of hydrogen-bond acceptors (Lipinski definition) is 4. The van der Waals surface area contributed by atoms with E-state index in [1.54, 1.807) is 19.2 Å². The first kappa shape index (κ1) is 20.5. The molecule has 144 valence electrons. The first-order valence-electron chi connectivity index (χ1n) is 8.47. The van der Waals surface area contributed by atoms with Crippen molar-refractivity contribution in [2.24, 2.45) is 0 Å². The Morgan fingerprint density at radius 1 is 1.07 bits per heavy atom. The minimum absolute atomic E-state index is 0.0617. The molecule has 2 rings (SSSR count). The summed E-state index contributed by atoms with van der Waals surface area (Å²) >= 11 is 0. The summed E-state index contributed by atoms with van der Waals surface area (Å²) in [5.74, 6) is -1.72. The second-order valence-corrected chi connectivity index (χ2v) is 5.86. The zero-order valence-electron chi connectivity index (χ0n) is 15.0. The van der Waals surface area contributed by atoms with E-state index in [4.69, 9.17) is 14.6 Å². The van der Waals surface area contributed by atoms with Gasteiger partial charge in [0.2, 0.25) is 0 Å². The predicted octanol–water partition coefficient (Wildman–Crippen LogP) is 2.66. The van der Waals surface area contributed by atoms with Gasteiger partial charge in [0.05, 0.1) is 25.4 Å². The number of benzene rings is 2. The molecule has 0 aliphatic heterocycles. The minimum Gasteiger partial charge on any atom is -0.478 e. The Balaban J connectivity index is 1.86.